The van der Waals surface area contributed by atoms with Gasteiger partial charge in [-0.2, -0.15) is 0 Å². The Hall–Kier alpha value is -0.830. The molecule has 2 rings (SSSR count). The second kappa shape index (κ2) is 4.58. The van der Waals surface area contributed by atoms with Crippen LogP contribution in [0, 0.1) is 5.41 Å². The molecule has 1 aliphatic heterocycles. The average Bonchev–Trinajstić information content (AvgIpc) is 2.93. The lowest BCUT2D eigenvalue weighted by molar-refractivity contribution is -0.117. The van der Waals surface area contributed by atoms with Gasteiger partial charge in [-0.05, 0) is 37.2 Å². The molecule has 0 aromatic heterocycles. The largest absolute Gasteiger partial charge is 0.352 e. The van der Waals surface area contributed by atoms with E-state index in [0.717, 1.165) is 25.2 Å². The summed E-state index contributed by atoms with van der Waals surface area (Å²) in [5.41, 5.74) is 2.64. The molecule has 0 aromatic carbocycles. The van der Waals surface area contributed by atoms with Crippen LogP contribution < -0.4 is 10.6 Å². The van der Waals surface area contributed by atoms with Crippen molar-refractivity contribution in [1.82, 2.24) is 10.6 Å². The molecule has 0 aromatic rings. The highest BCUT2D eigenvalue weighted by Crippen LogP contribution is 2.48. The van der Waals surface area contributed by atoms with E-state index in [-0.39, 0.29) is 5.91 Å². The summed E-state index contributed by atoms with van der Waals surface area (Å²) < 4.78 is 0. The van der Waals surface area contributed by atoms with Crippen molar-refractivity contribution in [3.63, 3.8) is 0 Å². The average molecular weight is 222 g/mol. The van der Waals surface area contributed by atoms with E-state index < -0.39 is 0 Å². The fraction of sp³-hybridized carbons (Fsp3) is 0.769. The predicted octanol–water partition coefficient (Wildman–Crippen LogP) is 1.60. The van der Waals surface area contributed by atoms with Gasteiger partial charge in [0.15, 0.2) is 0 Å². The Morgan fingerprint density at radius 1 is 1.44 bits per heavy atom. The number of amides is 1. The monoisotopic (exact) mass is 222 g/mol. The fourth-order valence-electron chi connectivity index (χ4n) is 2.30. The summed E-state index contributed by atoms with van der Waals surface area (Å²) in [7, 11) is 0. The lowest BCUT2D eigenvalue weighted by Gasteiger charge is -2.22. The van der Waals surface area contributed by atoms with Crippen molar-refractivity contribution >= 4 is 5.91 Å². The van der Waals surface area contributed by atoms with Gasteiger partial charge in [-0.1, -0.05) is 13.3 Å². The summed E-state index contributed by atoms with van der Waals surface area (Å²) >= 11 is 0. The molecule has 16 heavy (non-hydrogen) atoms. The molecule has 0 atom stereocenters. The van der Waals surface area contributed by atoms with E-state index in [2.05, 4.69) is 17.6 Å². The minimum Gasteiger partial charge on any atom is -0.352 e. The number of nitrogens with one attached hydrogen (secondary N) is 2. The molecule has 0 bridgehead atoms. The number of carbonyl (C=O) groups is 1. The molecule has 1 saturated carbocycles. The topological polar surface area (TPSA) is 41.1 Å². The van der Waals surface area contributed by atoms with Crippen LogP contribution >= 0.6 is 0 Å². The normalized spacial score (nSPS) is 21.2. The second-order valence-electron chi connectivity index (χ2n) is 5.26. The zero-order valence-corrected chi connectivity index (χ0v) is 10.4. The first kappa shape index (κ1) is 11.6. The smallest absolute Gasteiger partial charge is 0.246 e. The number of carbonyl (C=O) groups excluding carboxylic acids is 1. The van der Waals surface area contributed by atoms with Crippen molar-refractivity contribution in [2.24, 2.45) is 5.41 Å². The maximum Gasteiger partial charge on any atom is 0.246 e. The molecule has 1 aliphatic carbocycles. The molecule has 90 valence electrons. The van der Waals surface area contributed by atoms with Gasteiger partial charge in [0, 0.05) is 25.2 Å². The quantitative estimate of drug-likeness (QED) is 0.694. The molecule has 3 nitrogen and oxygen atoms in total. The summed E-state index contributed by atoms with van der Waals surface area (Å²) in [6.45, 7) is 6.80. The molecule has 2 aliphatic rings. The standard InChI is InChI=1S/C13H22N2O/c1-3-4-13(5-6-13)9-15-12(16)10(2)11-7-14-8-11/h14H,3-9H2,1-2H3,(H,15,16). The Morgan fingerprint density at radius 2 is 2.12 bits per heavy atom. The Kier molecular flexibility index (Phi) is 3.33. The molecule has 0 radical (unpaired) electrons. The summed E-state index contributed by atoms with van der Waals surface area (Å²) in [5, 5.41) is 6.26. The third-order valence-electron chi connectivity index (χ3n) is 3.91. The lowest BCUT2D eigenvalue weighted by Crippen LogP contribution is -2.38. The van der Waals surface area contributed by atoms with Gasteiger partial charge in [0.1, 0.15) is 0 Å². The van der Waals surface area contributed by atoms with E-state index in [1.54, 1.807) is 0 Å². The van der Waals surface area contributed by atoms with Crippen LogP contribution in [0.4, 0.5) is 0 Å². The van der Waals surface area contributed by atoms with Crippen molar-refractivity contribution in [2.75, 3.05) is 19.6 Å². The molecular formula is C13H22N2O. The van der Waals surface area contributed by atoms with E-state index in [4.69, 9.17) is 0 Å². The Bertz CT molecular complexity index is 310. The predicted molar refractivity (Wildman–Crippen MR) is 65.2 cm³/mol. The summed E-state index contributed by atoms with van der Waals surface area (Å²) in [4.78, 5) is 11.9. The highest BCUT2D eigenvalue weighted by atomic mass is 16.1. The van der Waals surface area contributed by atoms with Crippen LogP contribution in [0.3, 0.4) is 0 Å². The summed E-state index contributed by atoms with van der Waals surface area (Å²) in [6, 6.07) is 0. The van der Waals surface area contributed by atoms with Crippen molar-refractivity contribution in [1.29, 1.82) is 0 Å². The summed E-state index contributed by atoms with van der Waals surface area (Å²) in [5.74, 6) is 0.138. The molecule has 2 fully saturated rings. The van der Waals surface area contributed by atoms with Crippen molar-refractivity contribution in [2.45, 2.75) is 39.5 Å². The Labute approximate surface area is 97.7 Å². The van der Waals surface area contributed by atoms with Crippen molar-refractivity contribution < 1.29 is 4.79 Å². The molecule has 0 spiro atoms. The van der Waals surface area contributed by atoms with Crippen molar-refractivity contribution in [3.8, 4) is 0 Å². The zero-order valence-electron chi connectivity index (χ0n) is 10.4. The van der Waals surface area contributed by atoms with Crippen LogP contribution in [-0.2, 0) is 4.79 Å². The van der Waals surface area contributed by atoms with Gasteiger partial charge in [0.05, 0.1) is 0 Å². The number of hydrogen-bond donors (Lipinski definition) is 2. The van der Waals surface area contributed by atoms with E-state index in [9.17, 15) is 4.79 Å². The third kappa shape index (κ3) is 2.46. The first-order valence-electron chi connectivity index (χ1n) is 6.34. The highest BCUT2D eigenvalue weighted by molar-refractivity contribution is 5.94. The van der Waals surface area contributed by atoms with Crippen LogP contribution in [-0.4, -0.2) is 25.5 Å². The SMILES string of the molecule is CCCC1(CNC(=O)C(C)=C2CNC2)CC1. The molecule has 1 saturated heterocycles. The highest BCUT2D eigenvalue weighted by Gasteiger charge is 2.41. The van der Waals surface area contributed by atoms with E-state index in [1.165, 1.54) is 31.3 Å². The molecule has 2 N–H and O–H groups in total. The Balaban J connectivity index is 1.80. The van der Waals surface area contributed by atoms with Crippen LogP contribution in [0.1, 0.15) is 39.5 Å². The van der Waals surface area contributed by atoms with Crippen LogP contribution in [0.15, 0.2) is 11.1 Å². The van der Waals surface area contributed by atoms with Crippen LogP contribution in [0.5, 0.6) is 0 Å². The van der Waals surface area contributed by atoms with Crippen LogP contribution in [0.2, 0.25) is 0 Å². The first-order valence-corrected chi connectivity index (χ1v) is 6.34. The second-order valence-corrected chi connectivity index (χ2v) is 5.26. The van der Waals surface area contributed by atoms with E-state index in [1.807, 2.05) is 6.92 Å². The van der Waals surface area contributed by atoms with Gasteiger partial charge in [-0.3, -0.25) is 4.79 Å². The van der Waals surface area contributed by atoms with Gasteiger partial charge >= 0.3 is 0 Å². The molecule has 3 heteroatoms. The van der Waals surface area contributed by atoms with Gasteiger partial charge in [0.25, 0.3) is 0 Å². The molecule has 1 amide bonds. The van der Waals surface area contributed by atoms with Gasteiger partial charge in [-0.25, -0.2) is 0 Å². The lowest BCUT2D eigenvalue weighted by atomic mass is 10.00. The number of hydrogen-bond acceptors (Lipinski definition) is 2. The summed E-state index contributed by atoms with van der Waals surface area (Å²) in [6.07, 6.45) is 5.06. The minimum absolute atomic E-state index is 0.138. The van der Waals surface area contributed by atoms with Crippen molar-refractivity contribution in [3.05, 3.63) is 11.1 Å². The van der Waals surface area contributed by atoms with Crippen LogP contribution in [0.25, 0.3) is 0 Å². The maximum absolute atomic E-state index is 11.9. The molecular weight excluding hydrogens is 200 g/mol. The first-order chi connectivity index (χ1) is 7.67. The molecule has 1 heterocycles. The van der Waals surface area contributed by atoms with E-state index in [0.29, 0.717) is 5.41 Å². The Morgan fingerprint density at radius 3 is 2.56 bits per heavy atom. The zero-order chi connectivity index (χ0) is 11.6. The third-order valence-corrected chi connectivity index (χ3v) is 3.91. The van der Waals surface area contributed by atoms with Gasteiger partial charge < -0.3 is 10.6 Å². The minimum atomic E-state index is 0.138. The molecule has 0 unspecified atom stereocenters. The number of rotatable bonds is 5. The van der Waals surface area contributed by atoms with Gasteiger partial charge in [0.2, 0.25) is 5.91 Å². The van der Waals surface area contributed by atoms with Gasteiger partial charge in [-0.15, -0.1) is 0 Å². The maximum atomic E-state index is 11.9. The van der Waals surface area contributed by atoms with E-state index >= 15 is 0 Å². The fourth-order valence-corrected chi connectivity index (χ4v) is 2.30.